The number of rotatable bonds is 1. The predicted molar refractivity (Wildman–Crippen MR) is 67.5 cm³/mol. The smallest absolute Gasteiger partial charge is 0.225 e. The van der Waals surface area contributed by atoms with Crippen LogP contribution < -0.4 is 10.6 Å². The highest BCUT2D eigenvalue weighted by Crippen LogP contribution is 2.27. The first-order chi connectivity index (χ1) is 8.22. The van der Waals surface area contributed by atoms with Crippen LogP contribution in [0.2, 0.25) is 0 Å². The maximum absolute atomic E-state index is 5.79. The molecule has 1 aliphatic heterocycles. The SMILES string of the molecule is Cc1cnc(N2Cc3ccc(N)cc3C2)nc1. The van der Waals surface area contributed by atoms with Crippen LogP contribution in [0.15, 0.2) is 30.6 Å². The largest absolute Gasteiger partial charge is 0.399 e. The van der Waals surface area contributed by atoms with Crippen LogP contribution in [0, 0.1) is 6.92 Å². The predicted octanol–water partition coefficient (Wildman–Crippen LogP) is 1.89. The van der Waals surface area contributed by atoms with Crippen LogP contribution in [0.1, 0.15) is 16.7 Å². The monoisotopic (exact) mass is 226 g/mol. The van der Waals surface area contributed by atoms with Crippen molar-refractivity contribution in [1.29, 1.82) is 0 Å². The van der Waals surface area contributed by atoms with E-state index < -0.39 is 0 Å². The Labute approximate surface area is 100 Å². The van der Waals surface area contributed by atoms with Gasteiger partial charge in [0.05, 0.1) is 0 Å². The van der Waals surface area contributed by atoms with E-state index in [0.29, 0.717) is 0 Å². The first-order valence-electron chi connectivity index (χ1n) is 5.63. The molecule has 2 aromatic rings. The molecular formula is C13H14N4. The quantitative estimate of drug-likeness (QED) is 0.754. The molecule has 0 fully saturated rings. The molecule has 0 saturated carbocycles. The van der Waals surface area contributed by atoms with Gasteiger partial charge >= 0.3 is 0 Å². The fraction of sp³-hybridized carbons (Fsp3) is 0.231. The van der Waals surface area contributed by atoms with Gasteiger partial charge in [-0.2, -0.15) is 0 Å². The van der Waals surface area contributed by atoms with Crippen LogP contribution in [0.3, 0.4) is 0 Å². The molecule has 0 atom stereocenters. The van der Waals surface area contributed by atoms with Crippen molar-refractivity contribution in [2.24, 2.45) is 0 Å². The van der Waals surface area contributed by atoms with Crippen molar-refractivity contribution in [2.75, 3.05) is 10.6 Å². The minimum atomic E-state index is 0.783. The van der Waals surface area contributed by atoms with Gasteiger partial charge in [0.25, 0.3) is 0 Å². The molecule has 2 heterocycles. The lowest BCUT2D eigenvalue weighted by Gasteiger charge is -2.14. The number of aryl methyl sites for hydroxylation is 1. The van der Waals surface area contributed by atoms with Gasteiger partial charge in [-0.3, -0.25) is 0 Å². The van der Waals surface area contributed by atoms with E-state index in [4.69, 9.17) is 5.73 Å². The third-order valence-corrected chi connectivity index (χ3v) is 3.00. The summed E-state index contributed by atoms with van der Waals surface area (Å²) in [6, 6.07) is 6.06. The Morgan fingerprint density at radius 3 is 2.59 bits per heavy atom. The maximum Gasteiger partial charge on any atom is 0.225 e. The topological polar surface area (TPSA) is 55.0 Å². The van der Waals surface area contributed by atoms with Crippen LogP contribution in [-0.2, 0) is 13.1 Å². The molecule has 0 saturated heterocycles. The molecule has 1 aromatic heterocycles. The van der Waals surface area contributed by atoms with E-state index >= 15 is 0 Å². The van der Waals surface area contributed by atoms with Crippen LogP contribution in [-0.4, -0.2) is 9.97 Å². The molecule has 4 nitrogen and oxygen atoms in total. The highest BCUT2D eigenvalue weighted by atomic mass is 15.3. The number of aromatic nitrogens is 2. The second-order valence-corrected chi connectivity index (χ2v) is 4.44. The van der Waals surface area contributed by atoms with Crippen molar-refractivity contribution in [3.05, 3.63) is 47.3 Å². The van der Waals surface area contributed by atoms with Crippen LogP contribution in [0.4, 0.5) is 11.6 Å². The Morgan fingerprint density at radius 2 is 1.82 bits per heavy atom. The number of anilines is 2. The van der Waals surface area contributed by atoms with Crippen molar-refractivity contribution in [1.82, 2.24) is 9.97 Å². The summed E-state index contributed by atoms with van der Waals surface area (Å²) in [5.41, 5.74) is 10.3. The zero-order valence-electron chi connectivity index (χ0n) is 9.72. The number of nitrogens with two attached hydrogens (primary N) is 1. The van der Waals surface area contributed by atoms with E-state index in [2.05, 4.69) is 20.9 Å². The minimum Gasteiger partial charge on any atom is -0.399 e. The van der Waals surface area contributed by atoms with E-state index in [0.717, 1.165) is 30.3 Å². The van der Waals surface area contributed by atoms with E-state index in [-0.39, 0.29) is 0 Å². The highest BCUT2D eigenvalue weighted by Gasteiger charge is 2.20. The number of nitrogens with zero attached hydrogens (tertiary/aromatic N) is 3. The Hall–Kier alpha value is -2.10. The maximum atomic E-state index is 5.79. The third-order valence-electron chi connectivity index (χ3n) is 3.00. The van der Waals surface area contributed by atoms with Crippen LogP contribution >= 0.6 is 0 Å². The second-order valence-electron chi connectivity index (χ2n) is 4.44. The summed E-state index contributed by atoms with van der Waals surface area (Å²) in [7, 11) is 0. The van der Waals surface area contributed by atoms with Gasteiger partial charge in [0.15, 0.2) is 0 Å². The van der Waals surface area contributed by atoms with Crippen molar-refractivity contribution in [3.8, 4) is 0 Å². The molecular weight excluding hydrogens is 212 g/mol. The zero-order valence-corrected chi connectivity index (χ0v) is 9.72. The molecule has 0 unspecified atom stereocenters. The van der Waals surface area contributed by atoms with E-state index in [9.17, 15) is 0 Å². The van der Waals surface area contributed by atoms with Gasteiger partial charge in [0.1, 0.15) is 0 Å². The summed E-state index contributed by atoms with van der Waals surface area (Å²) in [6.07, 6.45) is 3.69. The Bertz CT molecular complexity index is 548. The van der Waals surface area contributed by atoms with Crippen LogP contribution in [0.5, 0.6) is 0 Å². The molecule has 2 N–H and O–H groups in total. The summed E-state index contributed by atoms with van der Waals surface area (Å²) in [6.45, 7) is 3.69. The summed E-state index contributed by atoms with van der Waals surface area (Å²) >= 11 is 0. The Kier molecular flexibility index (Phi) is 2.21. The number of fused-ring (bicyclic) bond motifs is 1. The highest BCUT2D eigenvalue weighted by molar-refractivity contribution is 5.50. The van der Waals surface area contributed by atoms with Gasteiger partial charge < -0.3 is 10.6 Å². The molecule has 0 amide bonds. The van der Waals surface area contributed by atoms with Crippen molar-refractivity contribution in [2.45, 2.75) is 20.0 Å². The average molecular weight is 226 g/mol. The lowest BCUT2D eigenvalue weighted by molar-refractivity contribution is 0.826. The molecule has 4 heteroatoms. The summed E-state index contributed by atoms with van der Waals surface area (Å²) < 4.78 is 0. The molecule has 86 valence electrons. The van der Waals surface area contributed by atoms with Gasteiger partial charge in [-0.1, -0.05) is 6.07 Å². The molecule has 1 aliphatic rings. The van der Waals surface area contributed by atoms with Crippen molar-refractivity contribution < 1.29 is 0 Å². The molecule has 17 heavy (non-hydrogen) atoms. The number of hydrogen-bond acceptors (Lipinski definition) is 4. The molecule has 0 aliphatic carbocycles. The second kappa shape index (κ2) is 3.73. The van der Waals surface area contributed by atoms with Gasteiger partial charge in [-0.25, -0.2) is 9.97 Å². The van der Waals surface area contributed by atoms with Gasteiger partial charge in [-0.15, -0.1) is 0 Å². The van der Waals surface area contributed by atoms with E-state index in [1.54, 1.807) is 0 Å². The molecule has 3 rings (SSSR count). The molecule has 0 radical (unpaired) electrons. The Balaban J connectivity index is 1.88. The lowest BCUT2D eigenvalue weighted by atomic mass is 10.1. The van der Waals surface area contributed by atoms with Crippen molar-refractivity contribution >= 4 is 11.6 Å². The fourth-order valence-corrected chi connectivity index (χ4v) is 2.10. The first-order valence-corrected chi connectivity index (χ1v) is 5.63. The number of nitrogen functional groups attached to an aromatic ring is 1. The van der Waals surface area contributed by atoms with Crippen LogP contribution in [0.25, 0.3) is 0 Å². The van der Waals surface area contributed by atoms with Gasteiger partial charge in [0.2, 0.25) is 5.95 Å². The van der Waals surface area contributed by atoms with Crippen molar-refractivity contribution in [3.63, 3.8) is 0 Å². The zero-order chi connectivity index (χ0) is 11.8. The number of hydrogen-bond donors (Lipinski definition) is 1. The normalized spacial score (nSPS) is 13.8. The minimum absolute atomic E-state index is 0.783. The summed E-state index contributed by atoms with van der Waals surface area (Å²) in [5, 5.41) is 0. The third kappa shape index (κ3) is 1.82. The van der Waals surface area contributed by atoms with Gasteiger partial charge in [0, 0.05) is 31.2 Å². The molecule has 0 bridgehead atoms. The standard InChI is InChI=1S/C13H14N4/c1-9-5-15-13(16-6-9)17-7-10-2-3-12(14)4-11(10)8-17/h2-6H,7-8,14H2,1H3. The van der Waals surface area contributed by atoms with Gasteiger partial charge in [-0.05, 0) is 35.7 Å². The Morgan fingerprint density at radius 1 is 1.12 bits per heavy atom. The first kappa shape index (κ1) is 10.1. The number of benzene rings is 1. The summed E-state index contributed by atoms with van der Waals surface area (Å²) in [4.78, 5) is 10.9. The fourth-order valence-electron chi connectivity index (χ4n) is 2.10. The molecule has 0 spiro atoms. The summed E-state index contributed by atoms with van der Waals surface area (Å²) in [5.74, 6) is 0.783. The van der Waals surface area contributed by atoms with E-state index in [1.807, 2.05) is 31.5 Å². The van der Waals surface area contributed by atoms with E-state index in [1.165, 1.54) is 11.1 Å². The lowest BCUT2D eigenvalue weighted by Crippen LogP contribution is -2.17. The average Bonchev–Trinajstić information content (AvgIpc) is 2.72. The molecule has 1 aromatic carbocycles.